The quantitative estimate of drug-likeness (QED) is 0.520. The zero-order chi connectivity index (χ0) is 13.7. The van der Waals surface area contributed by atoms with Crippen molar-refractivity contribution in [3.63, 3.8) is 0 Å². The highest BCUT2D eigenvalue weighted by molar-refractivity contribution is 5.71. The van der Waals surface area contributed by atoms with Crippen LogP contribution in [0.15, 0.2) is 15.7 Å². The van der Waals surface area contributed by atoms with Gasteiger partial charge in [0.2, 0.25) is 0 Å². The Morgan fingerprint density at radius 1 is 1.28 bits per heavy atom. The number of primary amides is 1. The number of urea groups is 1. The number of nitrogens with one attached hydrogen (secondary N) is 2. The number of carbonyl (C=O) groups is 1. The zero-order valence-corrected chi connectivity index (χ0v) is 10.4. The fourth-order valence-electron chi connectivity index (χ4n) is 1.44. The standard InChI is InChI=1S/C10H17N5O3/c1-14-7(5-8(16)15(2)10(14)18)6-12-3-4-13-9(11)17/h5,12H,3-4,6H2,1-2H3,(H3,11,13,17). The van der Waals surface area contributed by atoms with Crippen LogP contribution in [-0.4, -0.2) is 28.3 Å². The van der Waals surface area contributed by atoms with Gasteiger partial charge in [0.25, 0.3) is 5.56 Å². The number of amides is 2. The average molecular weight is 255 g/mol. The molecule has 8 nitrogen and oxygen atoms in total. The first-order valence-corrected chi connectivity index (χ1v) is 5.43. The van der Waals surface area contributed by atoms with Crippen molar-refractivity contribution >= 4 is 6.03 Å². The van der Waals surface area contributed by atoms with Crippen LogP contribution in [0.25, 0.3) is 0 Å². The molecule has 0 aliphatic rings. The number of aromatic nitrogens is 2. The molecule has 0 radical (unpaired) electrons. The second kappa shape index (κ2) is 6.01. The van der Waals surface area contributed by atoms with Crippen molar-refractivity contribution in [2.45, 2.75) is 6.54 Å². The van der Waals surface area contributed by atoms with Crippen molar-refractivity contribution in [1.29, 1.82) is 0 Å². The summed E-state index contributed by atoms with van der Waals surface area (Å²) in [6.07, 6.45) is 0. The molecule has 0 saturated heterocycles. The van der Waals surface area contributed by atoms with E-state index in [9.17, 15) is 14.4 Å². The van der Waals surface area contributed by atoms with Crippen LogP contribution in [0.5, 0.6) is 0 Å². The topological polar surface area (TPSA) is 111 Å². The first-order chi connectivity index (χ1) is 8.43. The molecule has 0 aliphatic carbocycles. The fourth-order valence-corrected chi connectivity index (χ4v) is 1.44. The average Bonchev–Trinajstić information content (AvgIpc) is 2.32. The van der Waals surface area contributed by atoms with Crippen LogP contribution < -0.4 is 27.6 Å². The fraction of sp³-hybridized carbons (Fsp3) is 0.500. The maximum atomic E-state index is 11.6. The second-order valence-electron chi connectivity index (χ2n) is 3.84. The van der Waals surface area contributed by atoms with Gasteiger partial charge in [0.05, 0.1) is 0 Å². The van der Waals surface area contributed by atoms with E-state index in [0.29, 0.717) is 25.3 Å². The van der Waals surface area contributed by atoms with Crippen LogP contribution in [0.3, 0.4) is 0 Å². The van der Waals surface area contributed by atoms with Crippen molar-refractivity contribution in [1.82, 2.24) is 19.8 Å². The van der Waals surface area contributed by atoms with E-state index >= 15 is 0 Å². The SMILES string of the molecule is Cn1c(CNCCNC(N)=O)cc(=O)n(C)c1=O. The van der Waals surface area contributed by atoms with Gasteiger partial charge in [-0.3, -0.25) is 13.9 Å². The number of nitrogens with two attached hydrogens (primary N) is 1. The summed E-state index contributed by atoms with van der Waals surface area (Å²) in [6.45, 7) is 1.24. The van der Waals surface area contributed by atoms with E-state index in [1.54, 1.807) is 7.05 Å². The van der Waals surface area contributed by atoms with E-state index in [0.717, 1.165) is 4.57 Å². The summed E-state index contributed by atoms with van der Waals surface area (Å²) in [6, 6.07) is 0.813. The minimum Gasteiger partial charge on any atom is -0.352 e. The molecule has 0 aliphatic heterocycles. The molecule has 1 aromatic rings. The summed E-state index contributed by atoms with van der Waals surface area (Å²) >= 11 is 0. The third kappa shape index (κ3) is 3.45. The van der Waals surface area contributed by atoms with Crippen molar-refractivity contribution in [3.8, 4) is 0 Å². The van der Waals surface area contributed by atoms with E-state index < -0.39 is 6.03 Å². The Labute approximate surface area is 103 Å². The molecule has 1 aromatic heterocycles. The van der Waals surface area contributed by atoms with Crippen molar-refractivity contribution in [2.75, 3.05) is 13.1 Å². The summed E-state index contributed by atoms with van der Waals surface area (Å²) < 4.78 is 2.44. The Balaban J connectivity index is 2.61. The summed E-state index contributed by atoms with van der Waals surface area (Å²) in [5, 5.41) is 5.41. The molecule has 0 bridgehead atoms. The van der Waals surface area contributed by atoms with Crippen LogP contribution in [0.2, 0.25) is 0 Å². The largest absolute Gasteiger partial charge is 0.352 e. The number of hydrogen-bond donors (Lipinski definition) is 3. The van der Waals surface area contributed by atoms with Gasteiger partial charge >= 0.3 is 11.7 Å². The molecule has 0 spiro atoms. The lowest BCUT2D eigenvalue weighted by molar-refractivity contribution is 0.249. The van der Waals surface area contributed by atoms with Crippen LogP contribution in [-0.2, 0) is 20.6 Å². The molecule has 18 heavy (non-hydrogen) atoms. The van der Waals surface area contributed by atoms with Gasteiger partial charge in [-0.25, -0.2) is 9.59 Å². The molecule has 1 rings (SSSR count). The highest BCUT2D eigenvalue weighted by Crippen LogP contribution is 1.88. The molecule has 0 unspecified atom stereocenters. The number of nitrogens with zero attached hydrogens (tertiary/aromatic N) is 2. The van der Waals surface area contributed by atoms with Crippen LogP contribution in [0.4, 0.5) is 4.79 Å². The van der Waals surface area contributed by atoms with Gasteiger partial charge in [-0.15, -0.1) is 0 Å². The van der Waals surface area contributed by atoms with Gasteiger partial charge in [-0.05, 0) is 0 Å². The molecule has 0 atom stereocenters. The van der Waals surface area contributed by atoms with Crippen LogP contribution >= 0.6 is 0 Å². The Morgan fingerprint density at radius 3 is 2.56 bits per heavy atom. The summed E-state index contributed by atoms with van der Waals surface area (Å²) in [4.78, 5) is 33.5. The van der Waals surface area contributed by atoms with Crippen molar-refractivity contribution < 1.29 is 4.79 Å². The molecule has 100 valence electrons. The number of carbonyl (C=O) groups excluding carboxylic acids is 1. The highest BCUT2D eigenvalue weighted by atomic mass is 16.2. The van der Waals surface area contributed by atoms with E-state index in [1.165, 1.54) is 17.7 Å². The van der Waals surface area contributed by atoms with Gasteiger partial charge in [-0.1, -0.05) is 0 Å². The Morgan fingerprint density at radius 2 is 1.94 bits per heavy atom. The molecule has 2 amide bonds. The summed E-state index contributed by atoms with van der Waals surface area (Å²) in [5.74, 6) is 0. The normalized spacial score (nSPS) is 10.3. The van der Waals surface area contributed by atoms with Gasteiger partial charge < -0.3 is 16.4 Å². The third-order valence-electron chi connectivity index (χ3n) is 2.53. The van der Waals surface area contributed by atoms with E-state index in [-0.39, 0.29) is 11.2 Å². The predicted octanol–water partition coefficient (Wildman–Crippen LogP) is -2.16. The van der Waals surface area contributed by atoms with Gasteiger partial charge in [0.1, 0.15) is 0 Å². The molecule has 0 aromatic carbocycles. The Bertz CT molecular complexity index is 545. The first-order valence-electron chi connectivity index (χ1n) is 5.43. The van der Waals surface area contributed by atoms with Crippen LogP contribution in [0, 0.1) is 0 Å². The monoisotopic (exact) mass is 255 g/mol. The van der Waals surface area contributed by atoms with Gasteiger partial charge in [0, 0.05) is 45.5 Å². The smallest absolute Gasteiger partial charge is 0.330 e. The molecule has 4 N–H and O–H groups in total. The lowest BCUT2D eigenvalue weighted by Gasteiger charge is -2.10. The molecular weight excluding hydrogens is 238 g/mol. The third-order valence-corrected chi connectivity index (χ3v) is 2.53. The molecule has 1 heterocycles. The first kappa shape index (κ1) is 14.0. The van der Waals surface area contributed by atoms with Gasteiger partial charge in [0.15, 0.2) is 0 Å². The Hall–Kier alpha value is -2.09. The Kier molecular flexibility index (Phi) is 4.67. The number of rotatable bonds is 5. The van der Waals surface area contributed by atoms with E-state index in [2.05, 4.69) is 10.6 Å². The lowest BCUT2D eigenvalue weighted by atomic mass is 10.3. The maximum Gasteiger partial charge on any atom is 0.330 e. The zero-order valence-electron chi connectivity index (χ0n) is 10.4. The summed E-state index contributed by atoms with van der Waals surface area (Å²) in [5.41, 5.74) is 4.78. The summed E-state index contributed by atoms with van der Waals surface area (Å²) in [7, 11) is 3.03. The molecule has 0 saturated carbocycles. The predicted molar refractivity (Wildman–Crippen MR) is 66.2 cm³/mol. The lowest BCUT2D eigenvalue weighted by Crippen LogP contribution is -2.40. The van der Waals surface area contributed by atoms with Crippen LogP contribution in [0.1, 0.15) is 5.69 Å². The number of hydrogen-bond acceptors (Lipinski definition) is 4. The van der Waals surface area contributed by atoms with Crippen molar-refractivity contribution in [3.05, 3.63) is 32.6 Å². The highest BCUT2D eigenvalue weighted by Gasteiger charge is 2.04. The minimum atomic E-state index is -0.585. The maximum absolute atomic E-state index is 11.6. The second-order valence-corrected chi connectivity index (χ2v) is 3.84. The molecule has 8 heteroatoms. The van der Waals surface area contributed by atoms with Gasteiger partial charge in [-0.2, -0.15) is 0 Å². The molecule has 0 fully saturated rings. The molecular formula is C10H17N5O3. The minimum absolute atomic E-state index is 0.342. The van der Waals surface area contributed by atoms with E-state index in [1.807, 2.05) is 0 Å². The van der Waals surface area contributed by atoms with Crippen molar-refractivity contribution in [2.24, 2.45) is 19.8 Å². The van der Waals surface area contributed by atoms with E-state index in [4.69, 9.17) is 5.73 Å².